The van der Waals surface area contributed by atoms with E-state index in [2.05, 4.69) is 17.6 Å². The van der Waals surface area contributed by atoms with Gasteiger partial charge in [-0.2, -0.15) is 4.98 Å². The molecule has 2 heterocycles. The third-order valence-corrected chi connectivity index (χ3v) is 8.57. The fourth-order valence-electron chi connectivity index (χ4n) is 4.65. The number of aromatic nitrogens is 3. The van der Waals surface area contributed by atoms with Gasteiger partial charge in [0.15, 0.2) is 11.5 Å². The van der Waals surface area contributed by atoms with Gasteiger partial charge >= 0.3 is 0 Å². The SMILES string of the molecule is CCCSc1nc2n(n1)C(c1ccc(OCc3ccc(Cl)c(Cl)c3)c(OC)c1)C(C(=O)Nc1ccccc1C)=C(C)N2. The van der Waals surface area contributed by atoms with Gasteiger partial charge in [0.25, 0.3) is 5.91 Å². The molecule has 1 aliphatic heterocycles. The van der Waals surface area contributed by atoms with Crippen molar-refractivity contribution in [3.05, 3.63) is 98.7 Å². The molecule has 1 amide bonds. The molecule has 0 bridgehead atoms. The molecular formula is C31H31Cl2N5O3S. The maximum absolute atomic E-state index is 13.9. The summed E-state index contributed by atoms with van der Waals surface area (Å²) >= 11 is 13.8. The lowest BCUT2D eigenvalue weighted by Crippen LogP contribution is -2.31. The molecule has 8 nitrogen and oxygen atoms in total. The number of anilines is 2. The van der Waals surface area contributed by atoms with Gasteiger partial charge in [-0.15, -0.1) is 5.10 Å². The number of aryl methyl sites for hydroxylation is 1. The van der Waals surface area contributed by atoms with Crippen LogP contribution >= 0.6 is 35.0 Å². The molecule has 0 fully saturated rings. The fourth-order valence-corrected chi connectivity index (χ4v) is 5.66. The van der Waals surface area contributed by atoms with Crippen molar-refractivity contribution in [2.24, 2.45) is 0 Å². The molecule has 1 atom stereocenters. The fraction of sp³-hybridized carbons (Fsp3) is 0.258. The normalized spacial score (nSPS) is 14.3. The van der Waals surface area contributed by atoms with Crippen LogP contribution in [0, 0.1) is 6.92 Å². The number of para-hydroxylation sites is 1. The Kier molecular flexibility index (Phi) is 9.30. The van der Waals surface area contributed by atoms with Crippen LogP contribution < -0.4 is 20.1 Å². The number of benzene rings is 3. The van der Waals surface area contributed by atoms with Crippen LogP contribution in [-0.4, -0.2) is 33.5 Å². The molecule has 1 aliphatic rings. The van der Waals surface area contributed by atoms with Gasteiger partial charge in [0.2, 0.25) is 11.1 Å². The zero-order valence-electron chi connectivity index (χ0n) is 23.7. The van der Waals surface area contributed by atoms with Gasteiger partial charge in [-0.3, -0.25) is 4.79 Å². The highest BCUT2D eigenvalue weighted by atomic mass is 35.5. The third-order valence-electron chi connectivity index (χ3n) is 6.79. The first kappa shape index (κ1) is 29.8. The Morgan fingerprint density at radius 1 is 1.07 bits per heavy atom. The van der Waals surface area contributed by atoms with Crippen molar-refractivity contribution in [3.63, 3.8) is 0 Å². The highest BCUT2D eigenvalue weighted by Crippen LogP contribution is 2.40. The van der Waals surface area contributed by atoms with Crippen molar-refractivity contribution in [2.75, 3.05) is 23.5 Å². The third kappa shape index (κ3) is 6.38. The van der Waals surface area contributed by atoms with Gasteiger partial charge in [0.1, 0.15) is 12.6 Å². The van der Waals surface area contributed by atoms with E-state index in [1.165, 1.54) is 0 Å². The van der Waals surface area contributed by atoms with E-state index in [-0.39, 0.29) is 12.5 Å². The zero-order valence-corrected chi connectivity index (χ0v) is 26.0. The highest BCUT2D eigenvalue weighted by Gasteiger charge is 2.35. The molecule has 1 unspecified atom stereocenters. The lowest BCUT2D eigenvalue weighted by molar-refractivity contribution is -0.113. The Balaban J connectivity index is 1.51. The number of allylic oxidation sites excluding steroid dienone is 1. The number of hydrogen-bond acceptors (Lipinski definition) is 7. The van der Waals surface area contributed by atoms with E-state index in [1.807, 2.05) is 62.4 Å². The van der Waals surface area contributed by atoms with Crippen molar-refractivity contribution in [3.8, 4) is 11.5 Å². The van der Waals surface area contributed by atoms with Crippen LogP contribution in [-0.2, 0) is 11.4 Å². The summed E-state index contributed by atoms with van der Waals surface area (Å²) in [5.41, 5.74) is 4.59. The number of ether oxygens (including phenoxy) is 2. The maximum atomic E-state index is 13.9. The summed E-state index contributed by atoms with van der Waals surface area (Å²) in [7, 11) is 1.58. The summed E-state index contributed by atoms with van der Waals surface area (Å²) in [5.74, 6) is 2.29. The lowest BCUT2D eigenvalue weighted by Gasteiger charge is -2.29. The molecule has 11 heteroatoms. The molecule has 0 saturated heterocycles. The zero-order chi connectivity index (χ0) is 29.8. The predicted octanol–water partition coefficient (Wildman–Crippen LogP) is 7.91. The largest absolute Gasteiger partial charge is 0.493 e. The van der Waals surface area contributed by atoms with Crippen molar-refractivity contribution in [1.82, 2.24) is 14.8 Å². The number of nitrogens with one attached hydrogen (secondary N) is 2. The van der Waals surface area contributed by atoms with Crippen molar-refractivity contribution in [2.45, 2.75) is 45.0 Å². The molecule has 1 aromatic heterocycles. The molecule has 5 rings (SSSR count). The van der Waals surface area contributed by atoms with Gasteiger partial charge < -0.3 is 20.1 Å². The molecule has 0 spiro atoms. The van der Waals surface area contributed by atoms with Crippen LogP contribution in [0.2, 0.25) is 10.0 Å². The van der Waals surface area contributed by atoms with E-state index < -0.39 is 6.04 Å². The molecular weight excluding hydrogens is 593 g/mol. The second-order valence-corrected chi connectivity index (χ2v) is 11.7. The number of thioether (sulfide) groups is 1. The molecule has 0 radical (unpaired) electrons. The van der Waals surface area contributed by atoms with Crippen LogP contribution in [0.1, 0.15) is 43.0 Å². The molecule has 0 aliphatic carbocycles. The van der Waals surface area contributed by atoms with E-state index >= 15 is 0 Å². The number of carbonyl (C=O) groups excluding carboxylic acids is 1. The molecule has 218 valence electrons. The average Bonchev–Trinajstić information content (AvgIpc) is 3.39. The van der Waals surface area contributed by atoms with E-state index in [4.69, 9.17) is 42.8 Å². The van der Waals surface area contributed by atoms with Crippen molar-refractivity contribution in [1.29, 1.82) is 0 Å². The Bertz CT molecular complexity index is 1660. The van der Waals surface area contributed by atoms with Crippen LogP contribution in [0.15, 0.2) is 77.1 Å². The average molecular weight is 625 g/mol. The first-order chi connectivity index (χ1) is 20.3. The second-order valence-electron chi connectivity index (χ2n) is 9.79. The lowest BCUT2D eigenvalue weighted by atomic mass is 9.94. The van der Waals surface area contributed by atoms with Gasteiger partial charge in [-0.1, -0.05) is 72.2 Å². The summed E-state index contributed by atoms with van der Waals surface area (Å²) in [4.78, 5) is 18.6. The first-order valence-electron chi connectivity index (χ1n) is 13.5. The minimum Gasteiger partial charge on any atom is -0.493 e. The summed E-state index contributed by atoms with van der Waals surface area (Å²) < 4.78 is 13.6. The number of rotatable bonds is 10. The molecule has 0 saturated carbocycles. The minimum absolute atomic E-state index is 0.234. The van der Waals surface area contributed by atoms with Gasteiger partial charge in [-0.25, -0.2) is 4.68 Å². The van der Waals surface area contributed by atoms with Gasteiger partial charge in [0, 0.05) is 17.1 Å². The van der Waals surface area contributed by atoms with Crippen LogP contribution in [0.5, 0.6) is 11.5 Å². The quantitative estimate of drug-likeness (QED) is 0.173. The Morgan fingerprint density at radius 2 is 1.88 bits per heavy atom. The molecule has 42 heavy (non-hydrogen) atoms. The number of halogens is 2. The maximum Gasteiger partial charge on any atom is 0.255 e. The Labute approximate surface area is 259 Å². The van der Waals surface area contributed by atoms with E-state index in [9.17, 15) is 4.79 Å². The first-order valence-corrected chi connectivity index (χ1v) is 15.2. The number of carbonyl (C=O) groups is 1. The highest BCUT2D eigenvalue weighted by molar-refractivity contribution is 7.99. The summed E-state index contributed by atoms with van der Waals surface area (Å²) in [5, 5.41) is 12.8. The molecule has 2 N–H and O–H groups in total. The van der Waals surface area contributed by atoms with E-state index in [1.54, 1.807) is 35.7 Å². The number of fused-ring (bicyclic) bond motifs is 1. The summed E-state index contributed by atoms with van der Waals surface area (Å²) in [6, 6.07) is 18.1. The van der Waals surface area contributed by atoms with E-state index in [0.29, 0.717) is 43.9 Å². The van der Waals surface area contributed by atoms with Crippen molar-refractivity contribution >= 4 is 52.5 Å². The van der Waals surface area contributed by atoms with Gasteiger partial charge in [-0.05, 0) is 67.3 Å². The number of hydrogen-bond donors (Lipinski definition) is 2. The second kappa shape index (κ2) is 13.1. The summed E-state index contributed by atoms with van der Waals surface area (Å²) in [6.07, 6.45) is 0.994. The molecule has 4 aromatic rings. The predicted molar refractivity (Wildman–Crippen MR) is 169 cm³/mol. The number of methoxy groups -OCH3 is 1. The minimum atomic E-state index is -0.563. The Morgan fingerprint density at radius 3 is 2.62 bits per heavy atom. The standard InChI is InChI=1S/C31H31Cl2N5O3S/c1-5-14-42-31-36-30-34-19(3)27(29(39)35-24-9-7-6-8-18(24)2)28(38(30)37-31)21-11-13-25(26(16-21)40-4)41-17-20-10-12-22(32)23(33)15-20/h6-13,15-16,28H,5,14,17H2,1-4H3,(H,35,39)(H,34,36,37). The van der Waals surface area contributed by atoms with Crippen LogP contribution in [0.4, 0.5) is 11.6 Å². The smallest absolute Gasteiger partial charge is 0.255 e. The topological polar surface area (TPSA) is 90.3 Å². The molecule has 3 aromatic carbocycles. The van der Waals surface area contributed by atoms with E-state index in [0.717, 1.165) is 34.6 Å². The number of nitrogens with zero attached hydrogens (tertiary/aromatic N) is 3. The Hall–Kier alpha value is -3.66. The number of amides is 1. The van der Waals surface area contributed by atoms with Gasteiger partial charge in [0.05, 0.1) is 22.7 Å². The van der Waals surface area contributed by atoms with Crippen molar-refractivity contribution < 1.29 is 14.3 Å². The monoisotopic (exact) mass is 623 g/mol. The van der Waals surface area contributed by atoms with Crippen LogP contribution in [0.3, 0.4) is 0 Å². The van der Waals surface area contributed by atoms with Crippen LogP contribution in [0.25, 0.3) is 0 Å². The summed E-state index contributed by atoms with van der Waals surface area (Å²) in [6.45, 7) is 6.22.